The molecular formula is C27H20N2O3S. The van der Waals surface area contributed by atoms with Gasteiger partial charge < -0.3 is 4.74 Å². The van der Waals surface area contributed by atoms with Crippen LogP contribution in [0.15, 0.2) is 101 Å². The van der Waals surface area contributed by atoms with E-state index in [4.69, 9.17) is 9.73 Å². The number of rotatable bonds is 4. The number of ether oxygens (including phenoxy) is 1. The summed E-state index contributed by atoms with van der Waals surface area (Å²) in [6.07, 6.45) is 3.87. The fourth-order valence-electron chi connectivity index (χ4n) is 3.82. The molecule has 3 aromatic carbocycles. The lowest BCUT2D eigenvalue weighted by Crippen LogP contribution is -2.36. The maximum Gasteiger partial charge on any atom is 0.337 e. The second-order valence-corrected chi connectivity index (χ2v) is 8.58. The minimum absolute atomic E-state index is 0.0898. The highest BCUT2D eigenvalue weighted by molar-refractivity contribution is 7.07. The van der Waals surface area contributed by atoms with Gasteiger partial charge in [-0.2, -0.15) is 0 Å². The topological polar surface area (TPSA) is 60.7 Å². The molecule has 33 heavy (non-hydrogen) atoms. The first-order valence-electron chi connectivity index (χ1n) is 10.5. The standard InChI is InChI=1S/C27H20N2O3S/c1-32-26(31)21-14-12-18(13-15-21)16-24-25(30)29-23(20-10-6-3-7-11-20)17-22(28-27(29)33-24)19-8-4-2-5-9-19/h2-17,23H,1H3/b24-16+. The average molecular weight is 453 g/mol. The monoisotopic (exact) mass is 452 g/mol. The van der Waals surface area contributed by atoms with Crippen LogP contribution in [0.25, 0.3) is 11.8 Å². The van der Waals surface area contributed by atoms with Crippen molar-refractivity contribution in [2.24, 2.45) is 4.99 Å². The van der Waals surface area contributed by atoms with Gasteiger partial charge in [0.1, 0.15) is 0 Å². The average Bonchev–Trinajstić information content (AvgIpc) is 3.19. The first-order valence-corrected chi connectivity index (χ1v) is 11.3. The number of fused-ring (bicyclic) bond motifs is 1. The predicted octanol–water partition coefficient (Wildman–Crippen LogP) is 3.79. The van der Waals surface area contributed by atoms with E-state index in [0.29, 0.717) is 14.9 Å². The van der Waals surface area contributed by atoms with Crippen LogP contribution in [0, 0.1) is 0 Å². The zero-order valence-corrected chi connectivity index (χ0v) is 18.7. The fourth-order valence-corrected chi connectivity index (χ4v) is 4.84. The van der Waals surface area contributed by atoms with Crippen LogP contribution in [0.5, 0.6) is 0 Å². The molecule has 0 radical (unpaired) electrons. The van der Waals surface area contributed by atoms with Crippen molar-refractivity contribution in [1.82, 2.24) is 4.57 Å². The number of allylic oxidation sites excluding steroid dienone is 1. The van der Waals surface area contributed by atoms with E-state index in [1.54, 1.807) is 28.8 Å². The van der Waals surface area contributed by atoms with E-state index in [9.17, 15) is 9.59 Å². The Balaban J connectivity index is 1.65. The van der Waals surface area contributed by atoms with E-state index in [2.05, 4.69) is 0 Å². The molecular weight excluding hydrogens is 432 g/mol. The van der Waals surface area contributed by atoms with Crippen LogP contribution in [0.2, 0.25) is 0 Å². The second-order valence-electron chi connectivity index (χ2n) is 7.57. The maximum atomic E-state index is 13.4. The Morgan fingerprint density at radius 1 is 0.970 bits per heavy atom. The number of methoxy groups -OCH3 is 1. The van der Waals surface area contributed by atoms with Gasteiger partial charge in [-0.15, -0.1) is 0 Å². The van der Waals surface area contributed by atoms with Crippen molar-refractivity contribution < 1.29 is 9.53 Å². The van der Waals surface area contributed by atoms with Gasteiger partial charge in [-0.3, -0.25) is 9.36 Å². The number of hydrogen-bond donors (Lipinski definition) is 0. The van der Waals surface area contributed by atoms with Crippen molar-refractivity contribution >= 4 is 29.1 Å². The van der Waals surface area contributed by atoms with Gasteiger partial charge in [-0.25, -0.2) is 9.79 Å². The van der Waals surface area contributed by atoms with Crippen LogP contribution in [0.1, 0.15) is 33.1 Å². The van der Waals surface area contributed by atoms with Gasteiger partial charge in [-0.05, 0) is 41.0 Å². The summed E-state index contributed by atoms with van der Waals surface area (Å²) in [5.74, 6) is -0.391. The van der Waals surface area contributed by atoms with Crippen LogP contribution in [0.4, 0.5) is 0 Å². The van der Waals surface area contributed by atoms with Crippen LogP contribution in [0.3, 0.4) is 0 Å². The van der Waals surface area contributed by atoms with Crippen molar-refractivity contribution in [2.45, 2.75) is 6.04 Å². The Morgan fingerprint density at radius 3 is 2.30 bits per heavy atom. The first kappa shape index (κ1) is 20.8. The lowest BCUT2D eigenvalue weighted by Gasteiger charge is -2.19. The molecule has 1 atom stereocenters. The smallest absolute Gasteiger partial charge is 0.337 e. The molecule has 0 fully saturated rings. The zero-order chi connectivity index (χ0) is 22.8. The Kier molecular flexibility index (Phi) is 5.59. The first-order chi connectivity index (χ1) is 16.1. The molecule has 0 spiro atoms. The molecule has 1 aliphatic rings. The number of aromatic nitrogens is 1. The van der Waals surface area contributed by atoms with Gasteiger partial charge in [0, 0.05) is 0 Å². The highest BCUT2D eigenvalue weighted by Crippen LogP contribution is 2.26. The van der Waals surface area contributed by atoms with Crippen LogP contribution >= 0.6 is 11.3 Å². The van der Waals surface area contributed by atoms with Gasteiger partial charge >= 0.3 is 5.97 Å². The third-order valence-corrected chi connectivity index (χ3v) is 6.47. The number of esters is 1. The summed E-state index contributed by atoms with van der Waals surface area (Å²) in [6.45, 7) is 0. The Hall–Kier alpha value is -4.03. The molecule has 5 nitrogen and oxygen atoms in total. The molecule has 162 valence electrons. The molecule has 0 aliphatic carbocycles. The zero-order valence-electron chi connectivity index (χ0n) is 17.8. The number of carbonyl (C=O) groups is 1. The molecule has 0 saturated carbocycles. The summed E-state index contributed by atoms with van der Waals surface area (Å²) < 4.78 is 7.09. The molecule has 0 amide bonds. The molecule has 1 aliphatic heterocycles. The minimum Gasteiger partial charge on any atom is -0.465 e. The number of hydrogen-bond acceptors (Lipinski definition) is 5. The highest BCUT2D eigenvalue weighted by atomic mass is 32.1. The maximum absolute atomic E-state index is 13.4. The lowest BCUT2D eigenvalue weighted by atomic mass is 10.0. The molecule has 1 unspecified atom stereocenters. The molecule has 0 saturated heterocycles. The van der Waals surface area contributed by atoms with Crippen molar-refractivity contribution in [3.8, 4) is 0 Å². The van der Waals surface area contributed by atoms with Crippen molar-refractivity contribution in [3.05, 3.63) is 133 Å². The summed E-state index contributed by atoms with van der Waals surface area (Å²) in [4.78, 5) is 30.6. The third-order valence-electron chi connectivity index (χ3n) is 5.49. The molecule has 4 aromatic rings. The summed E-state index contributed by atoms with van der Waals surface area (Å²) in [7, 11) is 1.35. The predicted molar refractivity (Wildman–Crippen MR) is 130 cm³/mol. The summed E-state index contributed by atoms with van der Waals surface area (Å²) in [6, 6.07) is 26.7. The normalized spacial score (nSPS) is 15.4. The Labute approximate surface area is 194 Å². The summed E-state index contributed by atoms with van der Waals surface area (Å²) >= 11 is 1.36. The molecule has 0 bridgehead atoms. The number of carbonyl (C=O) groups excluding carboxylic acids is 1. The van der Waals surface area contributed by atoms with Crippen molar-refractivity contribution in [3.63, 3.8) is 0 Å². The van der Waals surface area contributed by atoms with E-state index in [1.165, 1.54) is 18.4 Å². The van der Waals surface area contributed by atoms with Gasteiger partial charge in [0.15, 0.2) is 4.80 Å². The van der Waals surface area contributed by atoms with Crippen LogP contribution in [-0.4, -0.2) is 17.6 Å². The molecule has 0 N–H and O–H groups in total. The van der Waals surface area contributed by atoms with Crippen molar-refractivity contribution in [2.75, 3.05) is 7.11 Å². The van der Waals surface area contributed by atoms with E-state index >= 15 is 0 Å². The summed E-state index contributed by atoms with van der Waals surface area (Å²) in [5.41, 5.74) is 4.08. The van der Waals surface area contributed by atoms with Crippen molar-refractivity contribution in [1.29, 1.82) is 0 Å². The minimum atomic E-state index is -0.391. The fraction of sp³-hybridized carbons (Fsp3) is 0.0741. The second kappa shape index (κ2) is 8.84. The Morgan fingerprint density at radius 2 is 1.64 bits per heavy atom. The lowest BCUT2D eigenvalue weighted by molar-refractivity contribution is 0.0600. The molecule has 1 aromatic heterocycles. The van der Waals surface area contributed by atoms with E-state index in [0.717, 1.165) is 22.4 Å². The van der Waals surface area contributed by atoms with Gasteiger partial charge in [0.2, 0.25) is 0 Å². The van der Waals surface area contributed by atoms with Gasteiger partial charge in [-0.1, -0.05) is 84.1 Å². The van der Waals surface area contributed by atoms with E-state index in [1.807, 2.05) is 72.8 Å². The molecule has 5 rings (SSSR count). The molecule has 6 heteroatoms. The third kappa shape index (κ3) is 4.08. The van der Waals surface area contributed by atoms with Crippen LogP contribution in [-0.2, 0) is 4.74 Å². The SMILES string of the molecule is COC(=O)c1ccc(/C=c2/sc3n(c2=O)C(c2ccccc2)C=C(c2ccccc2)N=3)cc1. The number of benzene rings is 3. The summed E-state index contributed by atoms with van der Waals surface area (Å²) in [5, 5.41) is 0. The van der Waals surface area contributed by atoms with Gasteiger partial charge in [0.05, 0.1) is 28.9 Å². The van der Waals surface area contributed by atoms with Crippen LogP contribution < -0.4 is 14.9 Å². The quantitative estimate of drug-likeness (QED) is 0.443. The van der Waals surface area contributed by atoms with E-state index in [-0.39, 0.29) is 11.6 Å². The van der Waals surface area contributed by atoms with E-state index < -0.39 is 5.97 Å². The number of nitrogens with zero attached hydrogens (tertiary/aromatic N) is 2. The largest absolute Gasteiger partial charge is 0.465 e. The Bertz CT molecular complexity index is 1520. The number of thiazole rings is 1. The van der Waals surface area contributed by atoms with Gasteiger partial charge in [0.25, 0.3) is 5.56 Å². The molecule has 2 heterocycles. The highest BCUT2D eigenvalue weighted by Gasteiger charge is 2.22.